The Kier molecular flexibility index (Phi) is 5.91. The van der Waals surface area contributed by atoms with E-state index in [0.717, 1.165) is 37.3 Å². The Balaban J connectivity index is 1.46. The molecule has 128 valence electrons. The predicted octanol–water partition coefficient (Wildman–Crippen LogP) is 3.70. The van der Waals surface area contributed by atoms with E-state index in [1.54, 1.807) is 0 Å². The molecule has 0 saturated heterocycles. The van der Waals surface area contributed by atoms with Gasteiger partial charge in [0.2, 0.25) is 11.8 Å². The van der Waals surface area contributed by atoms with Crippen LogP contribution in [0, 0.1) is 0 Å². The molecule has 24 heavy (non-hydrogen) atoms. The molecule has 1 aliphatic heterocycles. The highest BCUT2D eigenvalue weighted by molar-refractivity contribution is 7.99. The van der Waals surface area contributed by atoms with Crippen LogP contribution in [0.4, 0.5) is 0 Å². The normalized spacial score (nSPS) is 16.6. The Bertz CT molecular complexity index is 686. The van der Waals surface area contributed by atoms with Gasteiger partial charge in [0, 0.05) is 29.9 Å². The number of amides is 1. The zero-order valence-corrected chi connectivity index (χ0v) is 14.8. The molecule has 5 nitrogen and oxygen atoms in total. The first-order valence-corrected chi connectivity index (χ1v) is 9.57. The van der Waals surface area contributed by atoms with Gasteiger partial charge in [0.15, 0.2) is 5.82 Å². The van der Waals surface area contributed by atoms with Crippen molar-refractivity contribution in [1.82, 2.24) is 15.5 Å². The molecule has 1 atom stereocenters. The number of hydrogen-bond donors (Lipinski definition) is 1. The van der Waals surface area contributed by atoms with Crippen LogP contribution in [0.1, 0.15) is 55.9 Å². The fourth-order valence-electron chi connectivity index (χ4n) is 2.88. The second-order valence-electron chi connectivity index (χ2n) is 6.00. The third-order valence-electron chi connectivity index (χ3n) is 4.07. The summed E-state index contributed by atoms with van der Waals surface area (Å²) >= 11 is 1.86. The van der Waals surface area contributed by atoms with Gasteiger partial charge in [0.1, 0.15) is 0 Å². The molecule has 0 saturated carbocycles. The maximum Gasteiger partial charge on any atom is 0.226 e. The fourth-order valence-corrected chi connectivity index (χ4v) is 4.00. The molecule has 0 aliphatic carbocycles. The molecule has 1 N–H and O–H groups in total. The maximum atomic E-state index is 12.2. The molecule has 1 aromatic carbocycles. The van der Waals surface area contributed by atoms with Crippen LogP contribution in [0.15, 0.2) is 33.7 Å². The topological polar surface area (TPSA) is 68.0 Å². The molecule has 6 heteroatoms. The van der Waals surface area contributed by atoms with Crippen molar-refractivity contribution in [3.63, 3.8) is 0 Å². The van der Waals surface area contributed by atoms with Crippen LogP contribution < -0.4 is 5.32 Å². The maximum absolute atomic E-state index is 12.2. The number of aromatic nitrogens is 2. The Morgan fingerprint density at radius 1 is 1.38 bits per heavy atom. The largest absolute Gasteiger partial charge is 0.349 e. The number of fused-ring (bicyclic) bond motifs is 1. The average Bonchev–Trinajstić information content (AvgIpc) is 3.03. The lowest BCUT2D eigenvalue weighted by Crippen LogP contribution is -2.30. The minimum absolute atomic E-state index is 0.0926. The van der Waals surface area contributed by atoms with E-state index in [1.165, 1.54) is 10.5 Å². The van der Waals surface area contributed by atoms with E-state index in [4.69, 9.17) is 4.52 Å². The van der Waals surface area contributed by atoms with Gasteiger partial charge in [0.25, 0.3) is 0 Å². The van der Waals surface area contributed by atoms with Crippen LogP contribution in [0.25, 0.3) is 0 Å². The third kappa shape index (κ3) is 4.38. The van der Waals surface area contributed by atoms with Crippen LogP contribution in [0.3, 0.4) is 0 Å². The van der Waals surface area contributed by atoms with E-state index >= 15 is 0 Å². The molecule has 2 heterocycles. The number of carbonyl (C=O) groups is 1. The van der Waals surface area contributed by atoms with Gasteiger partial charge >= 0.3 is 0 Å². The number of rotatable bonds is 7. The summed E-state index contributed by atoms with van der Waals surface area (Å²) in [5.41, 5.74) is 1.24. The fraction of sp³-hybridized carbons (Fsp3) is 0.500. The monoisotopic (exact) mass is 345 g/mol. The van der Waals surface area contributed by atoms with E-state index in [2.05, 4.69) is 34.5 Å². The lowest BCUT2D eigenvalue weighted by Gasteiger charge is -2.25. The number of thioether (sulfide) groups is 1. The first kappa shape index (κ1) is 17.0. The Morgan fingerprint density at radius 2 is 2.25 bits per heavy atom. The van der Waals surface area contributed by atoms with E-state index in [9.17, 15) is 4.79 Å². The molecular weight excluding hydrogens is 322 g/mol. The highest BCUT2D eigenvalue weighted by Crippen LogP contribution is 2.35. The highest BCUT2D eigenvalue weighted by atomic mass is 32.2. The summed E-state index contributed by atoms with van der Waals surface area (Å²) in [6, 6.07) is 8.46. The van der Waals surface area contributed by atoms with Gasteiger partial charge < -0.3 is 9.84 Å². The molecule has 0 bridgehead atoms. The van der Waals surface area contributed by atoms with Crippen LogP contribution in [-0.4, -0.2) is 21.8 Å². The van der Waals surface area contributed by atoms with Crippen LogP contribution in [-0.2, 0) is 17.6 Å². The predicted molar refractivity (Wildman–Crippen MR) is 93.9 cm³/mol. The molecule has 2 aromatic rings. The summed E-state index contributed by atoms with van der Waals surface area (Å²) in [5, 5.41) is 7.10. The molecular formula is C18H23N3O2S. The van der Waals surface area contributed by atoms with Crippen LogP contribution in [0.2, 0.25) is 0 Å². The van der Waals surface area contributed by atoms with Crippen molar-refractivity contribution in [3.05, 3.63) is 41.5 Å². The van der Waals surface area contributed by atoms with Crippen molar-refractivity contribution < 1.29 is 9.32 Å². The SMILES string of the molecule is CCCc1noc(CCCC(=O)N[C@@H]2CCSc3ccccc32)n1. The smallest absolute Gasteiger partial charge is 0.226 e. The molecule has 1 amide bonds. The van der Waals surface area contributed by atoms with E-state index in [1.807, 2.05) is 23.9 Å². The number of carbonyl (C=O) groups excluding carboxylic acids is 1. The van der Waals surface area contributed by atoms with Gasteiger partial charge in [-0.1, -0.05) is 30.3 Å². The first-order valence-electron chi connectivity index (χ1n) is 8.59. The second kappa shape index (κ2) is 8.33. The van der Waals surface area contributed by atoms with Crippen molar-refractivity contribution in [2.45, 2.75) is 56.4 Å². The first-order chi connectivity index (χ1) is 11.8. The van der Waals surface area contributed by atoms with Crippen molar-refractivity contribution in [2.75, 3.05) is 5.75 Å². The second-order valence-corrected chi connectivity index (χ2v) is 7.14. The number of nitrogens with zero attached hydrogens (tertiary/aromatic N) is 2. The minimum atomic E-state index is 0.0926. The van der Waals surface area contributed by atoms with E-state index in [0.29, 0.717) is 18.7 Å². The summed E-state index contributed by atoms with van der Waals surface area (Å²) < 4.78 is 5.20. The lowest BCUT2D eigenvalue weighted by atomic mass is 10.0. The van der Waals surface area contributed by atoms with Crippen molar-refractivity contribution in [3.8, 4) is 0 Å². The quantitative estimate of drug-likeness (QED) is 0.829. The van der Waals surface area contributed by atoms with Gasteiger partial charge in [-0.2, -0.15) is 4.98 Å². The van der Waals surface area contributed by atoms with Crippen molar-refractivity contribution >= 4 is 17.7 Å². The summed E-state index contributed by atoms with van der Waals surface area (Å²) in [6.45, 7) is 2.09. The zero-order valence-electron chi connectivity index (χ0n) is 14.0. The Hall–Kier alpha value is -1.82. The molecule has 0 spiro atoms. The average molecular weight is 345 g/mol. The van der Waals surface area contributed by atoms with Gasteiger partial charge in [-0.05, 0) is 30.9 Å². The van der Waals surface area contributed by atoms with Gasteiger partial charge in [-0.25, -0.2) is 0 Å². The van der Waals surface area contributed by atoms with Crippen LogP contribution in [0.5, 0.6) is 0 Å². The molecule has 1 aliphatic rings. The molecule has 1 aromatic heterocycles. The molecule has 3 rings (SSSR count). The van der Waals surface area contributed by atoms with Crippen molar-refractivity contribution in [2.24, 2.45) is 0 Å². The zero-order chi connectivity index (χ0) is 16.8. The number of nitrogens with one attached hydrogen (secondary N) is 1. The third-order valence-corrected chi connectivity index (χ3v) is 5.19. The number of benzene rings is 1. The Labute approximate surface area is 146 Å². The summed E-state index contributed by atoms with van der Waals surface area (Å²) in [7, 11) is 0. The molecule has 0 fully saturated rings. The summed E-state index contributed by atoms with van der Waals surface area (Å²) in [6.07, 6.45) is 4.68. The molecule has 0 radical (unpaired) electrons. The summed E-state index contributed by atoms with van der Waals surface area (Å²) in [5.74, 6) is 2.53. The van der Waals surface area contributed by atoms with E-state index in [-0.39, 0.29) is 11.9 Å². The Morgan fingerprint density at radius 3 is 3.12 bits per heavy atom. The molecule has 0 unspecified atom stereocenters. The van der Waals surface area contributed by atoms with Gasteiger partial charge in [-0.15, -0.1) is 11.8 Å². The standard InChI is InChI=1S/C18H23N3O2S/c1-2-6-16-20-18(23-21-16)10-5-9-17(22)19-14-11-12-24-15-8-4-3-7-13(14)15/h3-4,7-8,14H,2,5-6,9-12H2,1H3,(H,19,22)/t14-/m1/s1. The van der Waals surface area contributed by atoms with Crippen molar-refractivity contribution in [1.29, 1.82) is 0 Å². The minimum Gasteiger partial charge on any atom is -0.349 e. The number of hydrogen-bond acceptors (Lipinski definition) is 5. The summed E-state index contributed by atoms with van der Waals surface area (Å²) in [4.78, 5) is 17.8. The van der Waals surface area contributed by atoms with Gasteiger partial charge in [-0.3, -0.25) is 4.79 Å². The van der Waals surface area contributed by atoms with Gasteiger partial charge in [0.05, 0.1) is 6.04 Å². The lowest BCUT2D eigenvalue weighted by molar-refractivity contribution is -0.122. The van der Waals surface area contributed by atoms with E-state index < -0.39 is 0 Å². The highest BCUT2D eigenvalue weighted by Gasteiger charge is 2.21. The number of aryl methyl sites for hydroxylation is 2. The van der Waals surface area contributed by atoms with Crippen LogP contribution >= 0.6 is 11.8 Å².